The predicted octanol–water partition coefficient (Wildman–Crippen LogP) is 2.46. The van der Waals surface area contributed by atoms with Crippen molar-refractivity contribution in [1.82, 2.24) is 40.5 Å². The molecule has 3 saturated heterocycles. The van der Waals surface area contributed by atoms with Gasteiger partial charge in [-0.1, -0.05) is 82.9 Å². The summed E-state index contributed by atoms with van der Waals surface area (Å²) in [7, 11) is 2.80. The van der Waals surface area contributed by atoms with E-state index in [4.69, 9.17) is 4.74 Å². The Balaban J connectivity index is 1.51. The lowest BCUT2D eigenvalue weighted by Gasteiger charge is -2.46. The molecule has 3 fully saturated rings. The first-order chi connectivity index (χ1) is 35.3. The van der Waals surface area contributed by atoms with Gasteiger partial charge in [0.15, 0.2) is 0 Å². The van der Waals surface area contributed by atoms with Crippen LogP contribution >= 0.6 is 0 Å². The molecule has 0 radical (unpaired) electrons. The number of nitrogens with zero attached hydrogens (tertiary/aromatic N) is 5. The van der Waals surface area contributed by atoms with Crippen molar-refractivity contribution in [2.75, 3.05) is 25.9 Å². The molecule has 75 heavy (non-hydrogen) atoms. The Bertz CT molecular complexity index is 2630. The highest BCUT2D eigenvalue weighted by molar-refractivity contribution is 5.99. The molecule has 21 nitrogen and oxygen atoms in total. The Labute approximate surface area is 438 Å². The molecule has 1 unspecified atom stereocenters. The number of hydrogen-bond donors (Lipinski definition) is 7. The summed E-state index contributed by atoms with van der Waals surface area (Å²) in [6, 6.07) is 1.85. The summed E-state index contributed by atoms with van der Waals surface area (Å²) in [6.45, 7) is 16.8. The summed E-state index contributed by atoms with van der Waals surface area (Å²) in [5, 5.41) is 55.6. The minimum absolute atomic E-state index is 0.00406. The number of anilines is 1. The molecule has 7 N–H and O–H groups in total. The number of carbonyl (C=O) groups is 7. The number of aromatic nitrogens is 1. The van der Waals surface area contributed by atoms with Gasteiger partial charge in [-0.15, -0.1) is 5.23 Å². The zero-order valence-electron chi connectivity index (χ0n) is 44.9. The van der Waals surface area contributed by atoms with Crippen molar-refractivity contribution in [3.63, 3.8) is 0 Å². The van der Waals surface area contributed by atoms with E-state index < -0.39 is 113 Å². The Morgan fingerprint density at radius 2 is 1.39 bits per heavy atom. The molecule has 1 aromatic heterocycles. The molecule has 0 spiro atoms. The first kappa shape index (κ1) is 57.7. The van der Waals surface area contributed by atoms with Gasteiger partial charge in [0.05, 0.1) is 17.8 Å². The quantitative estimate of drug-likeness (QED) is 0.0737. The Morgan fingerprint density at radius 3 is 2.01 bits per heavy atom. The van der Waals surface area contributed by atoms with E-state index in [-0.39, 0.29) is 67.3 Å². The molecular formula is C54H76N9O12-. The van der Waals surface area contributed by atoms with E-state index in [9.17, 15) is 49.4 Å². The summed E-state index contributed by atoms with van der Waals surface area (Å²) >= 11 is 0. The van der Waals surface area contributed by atoms with E-state index in [1.165, 1.54) is 32.0 Å². The second-order valence-electron chi connectivity index (χ2n) is 21.8. The van der Waals surface area contributed by atoms with E-state index in [0.29, 0.717) is 12.2 Å². The molecule has 3 aliphatic heterocycles. The number of nitrogens with one attached hydrogen (secondary N) is 4. The first-order valence-corrected chi connectivity index (χ1v) is 25.8. The van der Waals surface area contributed by atoms with Crippen molar-refractivity contribution in [2.24, 2.45) is 17.8 Å². The number of aliphatic hydroxyl groups is 1. The highest BCUT2D eigenvalue weighted by Gasteiger charge is 2.48. The van der Waals surface area contributed by atoms with Crippen LogP contribution in [0, 0.1) is 17.8 Å². The van der Waals surface area contributed by atoms with Crippen LogP contribution in [-0.4, -0.2) is 151 Å². The summed E-state index contributed by atoms with van der Waals surface area (Å²) in [5.41, 5.74) is 0.697. The van der Waals surface area contributed by atoms with Crippen molar-refractivity contribution in [3.8, 4) is 5.75 Å². The zero-order chi connectivity index (χ0) is 55.4. The molecule has 4 heterocycles. The minimum atomic E-state index is -1.51. The smallest absolute Gasteiger partial charge is 0.248 e. The number of hydrogen-bond acceptors (Lipinski definition) is 13. The van der Waals surface area contributed by atoms with E-state index in [2.05, 4.69) is 25.8 Å². The van der Waals surface area contributed by atoms with Gasteiger partial charge in [0, 0.05) is 50.0 Å². The highest BCUT2D eigenvalue weighted by atomic mass is 16.8. The van der Waals surface area contributed by atoms with Gasteiger partial charge in [-0.05, 0) is 88.5 Å². The fourth-order valence-corrected chi connectivity index (χ4v) is 10.3. The number of ether oxygens (including phenoxy) is 1. The van der Waals surface area contributed by atoms with Gasteiger partial charge in [-0.25, -0.2) is 0 Å². The molecule has 3 aliphatic rings. The van der Waals surface area contributed by atoms with Crippen LogP contribution in [0.25, 0.3) is 10.9 Å². The van der Waals surface area contributed by atoms with Crippen molar-refractivity contribution < 1.29 is 58.9 Å². The lowest BCUT2D eigenvalue weighted by Crippen LogP contribution is -2.66. The third-order valence-electron chi connectivity index (χ3n) is 14.7. The third-order valence-corrected chi connectivity index (χ3v) is 14.7. The SMILES string of the molecule is C/C=C/C[C@@H]1NC(=O)[C@H](CC(C)C)N2C(=O)[C@H](C[C@H](C)C2O)N(C)C(=O)[C@H](C)NC(=O)[C@H](Cc2ccc([O-])c(N(O)O)c2)NC(=O)[C@H](CC(C)C)N(C)C(=O)[C@H](Cc2cn(C(C)(C)[C@H]3CO3)c3ccccc23)NC1=O. The molecule has 2 bridgehead atoms. The van der Waals surface area contributed by atoms with E-state index in [0.717, 1.165) is 32.8 Å². The average Bonchev–Trinajstić information content (AvgIpc) is 4.16. The van der Waals surface area contributed by atoms with Gasteiger partial charge in [-0.2, -0.15) is 0 Å². The van der Waals surface area contributed by atoms with Crippen LogP contribution < -0.4 is 31.6 Å². The maximum absolute atomic E-state index is 15.4. The van der Waals surface area contributed by atoms with E-state index in [1.54, 1.807) is 26.0 Å². The Kier molecular flexibility index (Phi) is 18.5. The normalized spacial score (nSPS) is 27.1. The number of amides is 7. The number of fused-ring (bicyclic) bond motifs is 3. The summed E-state index contributed by atoms with van der Waals surface area (Å²) in [4.78, 5) is 107. The standard InChI is InChI=1S/C54H77N9O12/c1-12-13-17-36-46(65)58-38(26-34-27-61(54(8,9)45-28-75-45)39-18-15-14-16-35(34)39)52(71)59(10)41(21-29(2)3)48(67)57-37(24-33-19-20-44(64)40(25-33)63(73)74)47(66)55-32(7)51(70)60(11)43-23-31(6)50(69)62(53(43)72)42(22-30(4)5)49(68)56-36/h12-16,18-20,25,27,29-32,36-38,41-43,45,50,64,69,73-74H,17,21-24,26,28H2,1-11H3,(H,55,66)(H,56,68)(H,57,67)(H,58,65)/p-1/b13-12+/t31-,32-,36-,37-,38-,41-,42-,43-,45+,50?/m0/s1. The summed E-state index contributed by atoms with van der Waals surface area (Å²) in [6.07, 6.45) is 3.43. The van der Waals surface area contributed by atoms with E-state index in [1.807, 2.05) is 72.0 Å². The zero-order valence-corrected chi connectivity index (χ0v) is 44.9. The number of carbonyl (C=O) groups excluding carboxylic acids is 7. The lowest BCUT2D eigenvalue weighted by molar-refractivity contribution is -0.268. The number of para-hydroxylation sites is 1. The minimum Gasteiger partial charge on any atom is -0.871 e. The van der Waals surface area contributed by atoms with Crippen LogP contribution in [0.3, 0.4) is 0 Å². The third kappa shape index (κ3) is 13.1. The molecule has 3 aromatic rings. The Morgan fingerprint density at radius 1 is 0.787 bits per heavy atom. The van der Waals surface area contributed by atoms with Crippen molar-refractivity contribution in [2.45, 2.75) is 161 Å². The van der Waals surface area contributed by atoms with Crippen LogP contribution in [0.15, 0.2) is 60.8 Å². The number of piperidine rings is 1. The molecule has 2 aromatic carbocycles. The van der Waals surface area contributed by atoms with Crippen LogP contribution in [0.1, 0.15) is 99.1 Å². The van der Waals surface area contributed by atoms with Crippen LogP contribution in [0.2, 0.25) is 0 Å². The maximum Gasteiger partial charge on any atom is 0.248 e. The second-order valence-corrected chi connectivity index (χ2v) is 21.8. The van der Waals surface area contributed by atoms with Gasteiger partial charge in [-0.3, -0.25) is 44.0 Å². The fraction of sp³-hybridized carbons (Fsp3) is 0.574. The van der Waals surface area contributed by atoms with Gasteiger partial charge in [0.2, 0.25) is 41.4 Å². The van der Waals surface area contributed by atoms with E-state index >= 15 is 4.79 Å². The monoisotopic (exact) mass is 1040 g/mol. The van der Waals surface area contributed by atoms with Gasteiger partial charge in [0.1, 0.15) is 54.6 Å². The van der Waals surface area contributed by atoms with Crippen molar-refractivity contribution >= 4 is 57.9 Å². The first-order valence-electron chi connectivity index (χ1n) is 25.8. The molecule has 0 saturated carbocycles. The molecule has 410 valence electrons. The molecule has 0 aliphatic carbocycles. The average molecular weight is 1040 g/mol. The number of rotatable bonds is 13. The maximum atomic E-state index is 15.4. The summed E-state index contributed by atoms with van der Waals surface area (Å²) < 4.78 is 7.84. The van der Waals surface area contributed by atoms with Gasteiger partial charge >= 0.3 is 0 Å². The number of benzene rings is 2. The molecular weight excluding hydrogens is 967 g/mol. The van der Waals surface area contributed by atoms with Crippen LogP contribution in [0.5, 0.6) is 5.75 Å². The molecule has 10 atom stereocenters. The summed E-state index contributed by atoms with van der Waals surface area (Å²) in [5.74, 6) is -7.12. The Hall–Kier alpha value is -6.55. The molecule has 6 rings (SSSR count). The second kappa shape index (κ2) is 24.0. The predicted molar refractivity (Wildman–Crippen MR) is 276 cm³/mol. The topological polar surface area (TPSA) is 282 Å². The number of likely N-dealkylation sites (N-methyl/N-ethyl adjacent to an activating group) is 2. The number of epoxide rings is 1. The lowest BCUT2D eigenvalue weighted by atomic mass is 9.89. The number of allylic oxidation sites excluding steroid dienone is 1. The largest absolute Gasteiger partial charge is 0.871 e. The van der Waals surface area contributed by atoms with Crippen molar-refractivity contribution in [3.05, 3.63) is 71.9 Å². The molecule has 7 amide bonds. The van der Waals surface area contributed by atoms with Gasteiger partial charge < -0.3 is 55.5 Å². The van der Waals surface area contributed by atoms with Gasteiger partial charge in [0.25, 0.3) is 0 Å². The van der Waals surface area contributed by atoms with Crippen molar-refractivity contribution in [1.29, 1.82) is 0 Å². The van der Waals surface area contributed by atoms with Crippen LogP contribution in [-0.2, 0) is 56.7 Å². The highest BCUT2D eigenvalue weighted by Crippen LogP contribution is 2.37. The molecule has 21 heteroatoms. The fourth-order valence-electron chi connectivity index (χ4n) is 10.3. The number of aliphatic hydroxyl groups excluding tert-OH is 1. The van der Waals surface area contributed by atoms with Crippen LogP contribution in [0.4, 0.5) is 5.69 Å².